The smallest absolute Gasteiger partial charge is 0.153 e. The van der Waals surface area contributed by atoms with Crippen LogP contribution in [0.3, 0.4) is 0 Å². The fourth-order valence-electron chi connectivity index (χ4n) is 1.41. The third-order valence-corrected chi connectivity index (χ3v) is 3.13. The van der Waals surface area contributed by atoms with Gasteiger partial charge in [-0.25, -0.2) is 0 Å². The van der Waals surface area contributed by atoms with Gasteiger partial charge >= 0.3 is 0 Å². The van der Waals surface area contributed by atoms with Crippen molar-refractivity contribution in [1.29, 1.82) is 0 Å². The Kier molecular flexibility index (Phi) is 2.23. The number of hydrogen-bond acceptors (Lipinski definition) is 5. The van der Waals surface area contributed by atoms with Gasteiger partial charge < -0.3 is 4.52 Å². The van der Waals surface area contributed by atoms with Crippen molar-refractivity contribution in [3.05, 3.63) is 42.1 Å². The molecule has 0 aliphatic heterocycles. The van der Waals surface area contributed by atoms with Gasteiger partial charge in [-0.3, -0.25) is 4.98 Å². The van der Waals surface area contributed by atoms with Gasteiger partial charge in [0.2, 0.25) is 0 Å². The molecule has 3 aromatic heterocycles. The van der Waals surface area contributed by atoms with E-state index in [2.05, 4.69) is 15.4 Å². The molecule has 0 unspecified atom stereocenters. The van der Waals surface area contributed by atoms with E-state index in [1.54, 1.807) is 17.5 Å². The highest BCUT2D eigenvalue weighted by Gasteiger charge is 2.07. The number of hydrogen-bond donors (Lipinski definition) is 0. The molecule has 0 spiro atoms. The molecule has 0 bridgehead atoms. The van der Waals surface area contributed by atoms with Gasteiger partial charge in [0.05, 0.1) is 10.6 Å². The van der Waals surface area contributed by atoms with Gasteiger partial charge in [-0.15, -0.1) is 16.4 Å². The van der Waals surface area contributed by atoms with Crippen LogP contribution in [0.4, 0.5) is 0 Å². The van der Waals surface area contributed by atoms with E-state index in [0.29, 0.717) is 0 Å². The molecule has 0 amide bonds. The van der Waals surface area contributed by atoms with Gasteiger partial charge in [-0.2, -0.15) is 0 Å². The van der Waals surface area contributed by atoms with Crippen LogP contribution in [0.2, 0.25) is 0 Å². The van der Waals surface area contributed by atoms with Crippen molar-refractivity contribution in [2.45, 2.75) is 0 Å². The third-order valence-electron chi connectivity index (χ3n) is 2.17. The molecular formula is C11H7N3OS. The highest BCUT2D eigenvalue weighted by atomic mass is 32.1. The summed E-state index contributed by atoms with van der Waals surface area (Å²) in [5.74, 6) is 0. The highest BCUT2D eigenvalue weighted by molar-refractivity contribution is 7.14. The second kappa shape index (κ2) is 3.86. The fraction of sp³-hybridized carbons (Fsp3) is 0. The SMILES string of the molecule is c1ccc(-c2csc(-c3conn3)c2)nc1. The Bertz CT molecular complexity index is 574. The van der Waals surface area contributed by atoms with Crippen molar-refractivity contribution < 1.29 is 4.52 Å². The van der Waals surface area contributed by atoms with E-state index in [4.69, 9.17) is 4.52 Å². The Morgan fingerprint density at radius 2 is 2.19 bits per heavy atom. The van der Waals surface area contributed by atoms with E-state index in [1.165, 1.54) is 6.26 Å². The predicted octanol–water partition coefficient (Wildman–Crippen LogP) is 2.86. The molecular weight excluding hydrogens is 222 g/mol. The predicted molar refractivity (Wildman–Crippen MR) is 60.8 cm³/mol. The molecule has 16 heavy (non-hydrogen) atoms. The number of nitrogens with zero attached hydrogens (tertiary/aromatic N) is 3. The number of pyridine rings is 1. The molecule has 5 heteroatoms. The lowest BCUT2D eigenvalue weighted by atomic mass is 10.2. The van der Waals surface area contributed by atoms with E-state index in [1.807, 2.05) is 29.6 Å². The molecule has 0 N–H and O–H groups in total. The molecule has 3 aromatic rings. The molecule has 0 saturated heterocycles. The Morgan fingerprint density at radius 1 is 1.19 bits per heavy atom. The average Bonchev–Trinajstić information content (AvgIpc) is 3.01. The molecule has 0 saturated carbocycles. The number of rotatable bonds is 2. The van der Waals surface area contributed by atoms with Crippen LogP contribution in [0.5, 0.6) is 0 Å². The molecule has 0 aliphatic carbocycles. The summed E-state index contributed by atoms with van der Waals surface area (Å²) in [7, 11) is 0. The lowest BCUT2D eigenvalue weighted by Crippen LogP contribution is -1.77. The van der Waals surface area contributed by atoms with Gasteiger partial charge in [0, 0.05) is 22.4 Å². The molecule has 0 fully saturated rings. The van der Waals surface area contributed by atoms with Crippen molar-refractivity contribution in [2.24, 2.45) is 0 Å². The standard InChI is InChI=1S/C11H7N3OS/c1-2-4-12-9(3-1)8-5-11(16-7-8)10-6-15-14-13-10/h1-7H. The van der Waals surface area contributed by atoms with Crippen LogP contribution in [-0.4, -0.2) is 15.4 Å². The first-order valence-electron chi connectivity index (χ1n) is 4.71. The Labute approximate surface area is 95.6 Å². The van der Waals surface area contributed by atoms with Crippen LogP contribution in [0, 0.1) is 0 Å². The lowest BCUT2D eigenvalue weighted by molar-refractivity contribution is 0.393. The Morgan fingerprint density at radius 3 is 2.94 bits per heavy atom. The second-order valence-electron chi connectivity index (χ2n) is 3.20. The van der Waals surface area contributed by atoms with Crippen LogP contribution in [0.25, 0.3) is 21.8 Å². The van der Waals surface area contributed by atoms with Crippen molar-refractivity contribution in [2.75, 3.05) is 0 Å². The van der Waals surface area contributed by atoms with Crippen molar-refractivity contribution in [3.8, 4) is 21.8 Å². The number of thiophene rings is 1. The third kappa shape index (κ3) is 1.61. The Hall–Kier alpha value is -2.01. The molecule has 0 aliphatic rings. The highest BCUT2D eigenvalue weighted by Crippen LogP contribution is 2.30. The van der Waals surface area contributed by atoms with E-state index in [-0.39, 0.29) is 0 Å². The summed E-state index contributed by atoms with van der Waals surface area (Å²) in [5.41, 5.74) is 2.80. The number of aromatic nitrogens is 3. The van der Waals surface area contributed by atoms with Gasteiger partial charge in [0.15, 0.2) is 6.26 Å². The molecule has 0 radical (unpaired) electrons. The maximum atomic E-state index is 4.71. The zero-order valence-electron chi connectivity index (χ0n) is 8.20. The first kappa shape index (κ1) is 9.23. The van der Waals surface area contributed by atoms with E-state index in [0.717, 1.165) is 21.8 Å². The normalized spacial score (nSPS) is 10.5. The van der Waals surface area contributed by atoms with Crippen molar-refractivity contribution >= 4 is 11.3 Å². The second-order valence-corrected chi connectivity index (χ2v) is 4.12. The summed E-state index contributed by atoms with van der Waals surface area (Å²) in [5, 5.41) is 9.36. The minimum atomic E-state index is 0.757. The zero-order valence-corrected chi connectivity index (χ0v) is 9.02. The first-order chi connectivity index (χ1) is 7.93. The van der Waals surface area contributed by atoms with Crippen LogP contribution < -0.4 is 0 Å². The summed E-state index contributed by atoms with van der Waals surface area (Å²) in [6, 6.07) is 7.88. The molecule has 3 rings (SSSR count). The Balaban J connectivity index is 2.00. The van der Waals surface area contributed by atoms with Crippen molar-refractivity contribution in [3.63, 3.8) is 0 Å². The van der Waals surface area contributed by atoms with Gasteiger partial charge in [0.25, 0.3) is 0 Å². The largest absolute Gasteiger partial charge is 0.345 e. The first-order valence-corrected chi connectivity index (χ1v) is 5.59. The topological polar surface area (TPSA) is 51.8 Å². The van der Waals surface area contributed by atoms with Crippen LogP contribution in [0.15, 0.2) is 46.6 Å². The maximum absolute atomic E-state index is 4.71. The molecule has 78 valence electrons. The summed E-state index contributed by atoms with van der Waals surface area (Å²) in [6.07, 6.45) is 3.32. The van der Waals surface area contributed by atoms with Crippen LogP contribution in [0.1, 0.15) is 0 Å². The van der Waals surface area contributed by atoms with Crippen LogP contribution in [-0.2, 0) is 0 Å². The van der Waals surface area contributed by atoms with Crippen LogP contribution >= 0.6 is 11.3 Å². The van der Waals surface area contributed by atoms with Gasteiger partial charge in [0.1, 0.15) is 5.69 Å². The van der Waals surface area contributed by atoms with Crippen molar-refractivity contribution in [1.82, 2.24) is 15.4 Å². The summed E-state index contributed by atoms with van der Waals surface area (Å²) in [4.78, 5) is 5.32. The maximum Gasteiger partial charge on any atom is 0.153 e. The van der Waals surface area contributed by atoms with E-state index >= 15 is 0 Å². The van der Waals surface area contributed by atoms with Gasteiger partial charge in [-0.05, 0) is 18.2 Å². The van der Waals surface area contributed by atoms with Gasteiger partial charge in [-0.1, -0.05) is 6.07 Å². The minimum absolute atomic E-state index is 0.757. The lowest BCUT2D eigenvalue weighted by Gasteiger charge is -1.93. The average molecular weight is 229 g/mol. The minimum Gasteiger partial charge on any atom is -0.345 e. The van der Waals surface area contributed by atoms with E-state index in [9.17, 15) is 0 Å². The molecule has 3 heterocycles. The summed E-state index contributed by atoms with van der Waals surface area (Å²) >= 11 is 1.60. The molecule has 0 atom stereocenters. The molecule has 4 nitrogen and oxygen atoms in total. The quantitative estimate of drug-likeness (QED) is 0.678. The fourth-order valence-corrected chi connectivity index (χ4v) is 2.26. The zero-order chi connectivity index (χ0) is 10.8. The monoisotopic (exact) mass is 229 g/mol. The summed E-state index contributed by atoms with van der Waals surface area (Å²) in [6.45, 7) is 0. The molecule has 0 aromatic carbocycles. The summed E-state index contributed by atoms with van der Waals surface area (Å²) < 4.78 is 4.71. The van der Waals surface area contributed by atoms with E-state index < -0.39 is 0 Å².